The zero-order chi connectivity index (χ0) is 29.3. The van der Waals surface area contributed by atoms with E-state index in [1.165, 1.54) is 38.5 Å². The Bertz CT molecular complexity index is 1960. The Morgan fingerprint density at radius 1 is 0.953 bits per heavy atom. The van der Waals surface area contributed by atoms with Gasteiger partial charge < -0.3 is 15.0 Å². The van der Waals surface area contributed by atoms with Crippen molar-refractivity contribution < 1.29 is 13.9 Å². The third-order valence-corrected chi connectivity index (χ3v) is 8.15. The number of nitrogens with one attached hydrogen (secondary N) is 3. The summed E-state index contributed by atoms with van der Waals surface area (Å²) in [5, 5.41) is 12.3. The van der Waals surface area contributed by atoms with Crippen LogP contribution in [0.2, 0.25) is 0 Å². The Morgan fingerprint density at radius 2 is 1.81 bits per heavy atom. The van der Waals surface area contributed by atoms with Gasteiger partial charge in [-0.1, -0.05) is 19.3 Å². The molecule has 5 heterocycles. The number of ether oxygens (including phenoxy) is 1. The molecule has 0 bridgehead atoms. The van der Waals surface area contributed by atoms with Crippen LogP contribution >= 0.6 is 0 Å². The number of amides is 1. The lowest BCUT2D eigenvalue weighted by molar-refractivity contribution is -0.117. The summed E-state index contributed by atoms with van der Waals surface area (Å²) in [6, 6.07) is 12.3. The van der Waals surface area contributed by atoms with E-state index in [0.717, 1.165) is 46.0 Å². The summed E-state index contributed by atoms with van der Waals surface area (Å²) in [7, 11) is 1.51. The number of benzene rings is 1. The summed E-state index contributed by atoms with van der Waals surface area (Å²) in [6.07, 6.45) is 13.4. The van der Waals surface area contributed by atoms with Crippen molar-refractivity contribution in [1.29, 1.82) is 0 Å². The average molecular weight is 576 g/mol. The van der Waals surface area contributed by atoms with Crippen molar-refractivity contribution in [1.82, 2.24) is 30.1 Å². The lowest BCUT2D eigenvalue weighted by Gasteiger charge is -2.20. The van der Waals surface area contributed by atoms with Crippen molar-refractivity contribution in [3.8, 4) is 39.5 Å². The summed E-state index contributed by atoms with van der Waals surface area (Å²) >= 11 is 0. The molecule has 10 heteroatoms. The number of fused-ring (bicyclic) bond motifs is 2. The molecule has 1 fully saturated rings. The predicted molar refractivity (Wildman–Crippen MR) is 164 cm³/mol. The Morgan fingerprint density at radius 3 is 2.67 bits per heavy atom. The number of aromatic amines is 2. The summed E-state index contributed by atoms with van der Waals surface area (Å²) in [5.41, 5.74) is 6.51. The summed E-state index contributed by atoms with van der Waals surface area (Å²) in [4.78, 5) is 29.7. The number of H-pyrrole nitrogens is 2. The van der Waals surface area contributed by atoms with Gasteiger partial charge in [0, 0.05) is 64.1 Å². The third kappa shape index (κ3) is 5.43. The van der Waals surface area contributed by atoms with Gasteiger partial charge >= 0.3 is 0 Å². The molecule has 9 nitrogen and oxygen atoms in total. The lowest BCUT2D eigenvalue weighted by atomic mass is 9.87. The van der Waals surface area contributed by atoms with Crippen molar-refractivity contribution in [2.75, 3.05) is 12.4 Å². The third-order valence-electron chi connectivity index (χ3n) is 8.15. The maximum atomic E-state index is 14.3. The van der Waals surface area contributed by atoms with Gasteiger partial charge in [-0.15, -0.1) is 0 Å². The Kier molecular flexibility index (Phi) is 7.02. The van der Waals surface area contributed by atoms with Crippen molar-refractivity contribution in [3.05, 3.63) is 73.1 Å². The minimum atomic E-state index is -0.400. The van der Waals surface area contributed by atoms with Gasteiger partial charge in [0.25, 0.3) is 0 Å². The van der Waals surface area contributed by atoms with E-state index in [0.29, 0.717) is 46.4 Å². The fourth-order valence-corrected chi connectivity index (χ4v) is 6.03. The SMILES string of the molecule is COc1cc(F)cc(-c2nccc3[nH]c(-c4n[nH]c5ncc(-c6cncc(NC(=O)CC7CCCCC7)c6)cc45)cc23)c1. The highest BCUT2D eigenvalue weighted by Crippen LogP contribution is 2.35. The fraction of sp³-hybridized carbons (Fsp3) is 0.242. The van der Waals surface area contributed by atoms with Gasteiger partial charge in [0.05, 0.1) is 30.4 Å². The molecular formula is C33H30FN7O2. The van der Waals surface area contributed by atoms with Crippen molar-refractivity contribution in [2.45, 2.75) is 38.5 Å². The van der Waals surface area contributed by atoms with Crippen LogP contribution in [-0.4, -0.2) is 43.2 Å². The molecule has 216 valence electrons. The molecule has 3 N–H and O–H groups in total. The number of carbonyl (C=O) groups is 1. The maximum absolute atomic E-state index is 14.3. The summed E-state index contributed by atoms with van der Waals surface area (Å²) < 4.78 is 19.6. The van der Waals surface area contributed by atoms with E-state index in [4.69, 9.17) is 4.74 Å². The normalized spacial score (nSPS) is 13.9. The van der Waals surface area contributed by atoms with Crippen molar-refractivity contribution in [3.63, 3.8) is 0 Å². The van der Waals surface area contributed by atoms with E-state index in [1.54, 1.807) is 30.9 Å². The van der Waals surface area contributed by atoms with E-state index in [9.17, 15) is 9.18 Å². The first-order chi connectivity index (χ1) is 21.0. The average Bonchev–Trinajstić information content (AvgIpc) is 3.65. The van der Waals surface area contributed by atoms with Gasteiger partial charge in [0.1, 0.15) is 17.3 Å². The summed E-state index contributed by atoms with van der Waals surface area (Å²) in [6.45, 7) is 0. The van der Waals surface area contributed by atoms with Gasteiger partial charge in [-0.2, -0.15) is 5.10 Å². The molecule has 1 aliphatic carbocycles. The Balaban J connectivity index is 1.20. The number of hydrogen-bond acceptors (Lipinski definition) is 6. The maximum Gasteiger partial charge on any atom is 0.224 e. The highest BCUT2D eigenvalue weighted by molar-refractivity contribution is 6.00. The molecule has 0 radical (unpaired) electrons. The molecule has 1 amide bonds. The highest BCUT2D eigenvalue weighted by atomic mass is 19.1. The van der Waals surface area contributed by atoms with Crippen LogP contribution in [0.15, 0.2) is 67.3 Å². The zero-order valence-corrected chi connectivity index (χ0v) is 23.7. The number of nitrogens with zero attached hydrogens (tertiary/aromatic N) is 4. The van der Waals surface area contributed by atoms with Crippen molar-refractivity contribution >= 4 is 33.5 Å². The number of carbonyl (C=O) groups excluding carboxylic acids is 1. The number of hydrogen-bond donors (Lipinski definition) is 3. The molecule has 0 spiro atoms. The Labute approximate surface area is 247 Å². The number of halogens is 1. The quantitative estimate of drug-likeness (QED) is 0.184. The molecule has 0 unspecified atom stereocenters. The van der Waals surface area contributed by atoms with Gasteiger partial charge in [-0.25, -0.2) is 9.37 Å². The standard InChI is InChI=1S/C33H30FN7O2/c1-43-25-12-20(10-23(34)14-25)31-26-15-29(39-28(26)7-8-36-31)32-27-13-22(17-37-33(27)41-40-32)21-11-24(18-35-16-21)38-30(42)9-19-5-3-2-4-6-19/h7-8,10-19,39H,2-6,9H2,1H3,(H,38,42)(H,37,40,41). The second-order valence-corrected chi connectivity index (χ2v) is 11.1. The summed E-state index contributed by atoms with van der Waals surface area (Å²) in [5.74, 6) is 0.511. The van der Waals surface area contributed by atoms with Crippen LogP contribution in [0.3, 0.4) is 0 Å². The van der Waals surface area contributed by atoms with Gasteiger partial charge in [0.2, 0.25) is 5.91 Å². The van der Waals surface area contributed by atoms with E-state index in [1.807, 2.05) is 24.3 Å². The lowest BCUT2D eigenvalue weighted by Crippen LogP contribution is -2.18. The van der Waals surface area contributed by atoms with Crippen LogP contribution in [0.25, 0.3) is 55.7 Å². The van der Waals surface area contributed by atoms with E-state index >= 15 is 0 Å². The van der Waals surface area contributed by atoms with Gasteiger partial charge in [0.15, 0.2) is 5.65 Å². The van der Waals surface area contributed by atoms with Gasteiger partial charge in [-0.05, 0) is 55.2 Å². The minimum Gasteiger partial charge on any atom is -0.497 e. The molecule has 0 aliphatic heterocycles. The molecule has 43 heavy (non-hydrogen) atoms. The monoisotopic (exact) mass is 575 g/mol. The zero-order valence-electron chi connectivity index (χ0n) is 23.7. The Hall–Kier alpha value is -5.12. The van der Waals surface area contributed by atoms with Gasteiger partial charge in [-0.3, -0.25) is 19.9 Å². The number of methoxy groups -OCH3 is 1. The first kappa shape index (κ1) is 26.8. The molecule has 0 atom stereocenters. The van der Waals surface area contributed by atoms with E-state index in [-0.39, 0.29) is 5.91 Å². The molecular weight excluding hydrogens is 545 g/mol. The molecule has 0 saturated heterocycles. The smallest absolute Gasteiger partial charge is 0.224 e. The van der Waals surface area contributed by atoms with E-state index in [2.05, 4.69) is 35.5 Å². The molecule has 1 aromatic carbocycles. The topological polar surface area (TPSA) is 121 Å². The number of anilines is 1. The van der Waals surface area contributed by atoms with Crippen LogP contribution in [0.1, 0.15) is 38.5 Å². The molecule has 6 aromatic rings. The molecule has 1 aliphatic rings. The number of pyridine rings is 3. The second kappa shape index (κ2) is 11.3. The highest BCUT2D eigenvalue weighted by Gasteiger charge is 2.19. The van der Waals surface area contributed by atoms with Crippen LogP contribution in [0.5, 0.6) is 5.75 Å². The number of rotatable bonds is 7. The van der Waals surface area contributed by atoms with Crippen molar-refractivity contribution in [2.24, 2.45) is 5.92 Å². The van der Waals surface area contributed by atoms with Crippen LogP contribution in [-0.2, 0) is 4.79 Å². The minimum absolute atomic E-state index is 0.0286. The molecule has 1 saturated carbocycles. The largest absolute Gasteiger partial charge is 0.497 e. The first-order valence-corrected chi connectivity index (χ1v) is 14.5. The van der Waals surface area contributed by atoms with Crippen LogP contribution in [0.4, 0.5) is 10.1 Å². The molecule has 7 rings (SSSR count). The van der Waals surface area contributed by atoms with Crippen LogP contribution in [0, 0.1) is 11.7 Å². The van der Waals surface area contributed by atoms with E-state index < -0.39 is 5.82 Å². The van der Waals surface area contributed by atoms with Crippen LogP contribution < -0.4 is 10.1 Å². The molecule has 5 aromatic heterocycles. The second-order valence-electron chi connectivity index (χ2n) is 11.1. The predicted octanol–water partition coefficient (Wildman–Crippen LogP) is 7.29. The fourth-order valence-electron chi connectivity index (χ4n) is 6.03. The first-order valence-electron chi connectivity index (χ1n) is 14.5. The number of aromatic nitrogens is 6.